The van der Waals surface area contributed by atoms with Crippen molar-refractivity contribution >= 4 is 33.2 Å². The molecule has 2 saturated heterocycles. The van der Waals surface area contributed by atoms with Gasteiger partial charge in [0.25, 0.3) is 5.69 Å². The van der Waals surface area contributed by atoms with Crippen LogP contribution in [0.1, 0.15) is 18.4 Å². The minimum Gasteiger partial charge on any atom is -0.454 e. The number of ether oxygens (including phenoxy) is 2. The average molecular weight is 608 g/mol. The number of carbonyl (C=O) groups excluding carboxylic acids is 2. The third-order valence-electron chi connectivity index (χ3n) is 8.08. The lowest BCUT2D eigenvalue weighted by molar-refractivity contribution is -0.384. The Labute approximate surface area is 247 Å². The van der Waals surface area contributed by atoms with Gasteiger partial charge in [0.2, 0.25) is 28.6 Å². The molecule has 3 aromatic carbocycles. The van der Waals surface area contributed by atoms with Gasteiger partial charge in [0, 0.05) is 37.5 Å². The van der Waals surface area contributed by atoms with E-state index in [0.29, 0.717) is 11.5 Å². The predicted octanol–water partition coefficient (Wildman–Crippen LogP) is 2.47. The summed E-state index contributed by atoms with van der Waals surface area (Å²) in [5.41, 5.74) is 0.396. The fraction of sp³-hybridized carbons (Fsp3) is 0.310. The van der Waals surface area contributed by atoms with Crippen LogP contribution in [-0.2, 0) is 26.2 Å². The number of sulfonamides is 1. The summed E-state index contributed by atoms with van der Waals surface area (Å²) in [6.45, 7) is 0.564. The molecule has 43 heavy (non-hydrogen) atoms. The van der Waals surface area contributed by atoms with Crippen molar-refractivity contribution in [2.75, 3.05) is 38.0 Å². The standard InChI is InChI=1S/C29H29N5O8S/c35-27(30-17-21-6-11-25-26(16-21)42-20-41-25)18-31-19-33(22-4-2-1-3-5-22)29(28(31)36)12-14-32(15-13-29)43(39,40)24-9-7-23(8-10-24)34(37)38/h1-11,16H,12-15,17-20H2,(H,30,35). The van der Waals surface area contributed by atoms with E-state index in [0.717, 1.165) is 23.4 Å². The van der Waals surface area contributed by atoms with Crippen LogP contribution in [0.2, 0.25) is 0 Å². The molecular formula is C29H29N5O8S. The van der Waals surface area contributed by atoms with Crippen LogP contribution in [0.25, 0.3) is 0 Å². The SMILES string of the molecule is O=C(CN1CN(c2ccccc2)C2(CCN(S(=O)(=O)c3ccc([N+](=O)[O-])cc3)CC2)C1=O)NCc1ccc2c(c1)OCO2. The second-order valence-corrected chi connectivity index (χ2v) is 12.5. The third-order valence-corrected chi connectivity index (χ3v) is 9.99. The Morgan fingerprint density at radius 1 is 0.977 bits per heavy atom. The smallest absolute Gasteiger partial charge is 0.269 e. The highest BCUT2D eigenvalue weighted by Crippen LogP contribution is 2.40. The average Bonchev–Trinajstić information content (AvgIpc) is 3.59. The number of para-hydroxylation sites is 1. The first-order valence-electron chi connectivity index (χ1n) is 13.7. The van der Waals surface area contributed by atoms with Crippen LogP contribution in [0.3, 0.4) is 0 Å². The molecule has 224 valence electrons. The van der Waals surface area contributed by atoms with Gasteiger partial charge in [-0.2, -0.15) is 4.31 Å². The Kier molecular flexibility index (Phi) is 7.40. The van der Waals surface area contributed by atoms with Crippen LogP contribution in [0, 0.1) is 10.1 Å². The van der Waals surface area contributed by atoms with Crippen LogP contribution in [0.4, 0.5) is 11.4 Å². The minimum atomic E-state index is -3.93. The highest BCUT2D eigenvalue weighted by Gasteiger charge is 2.55. The molecule has 3 aliphatic rings. The van der Waals surface area contributed by atoms with E-state index in [2.05, 4.69) is 5.32 Å². The molecule has 2 fully saturated rings. The summed E-state index contributed by atoms with van der Waals surface area (Å²) < 4.78 is 38.7. The molecule has 3 aliphatic heterocycles. The van der Waals surface area contributed by atoms with Crippen LogP contribution < -0.4 is 19.7 Å². The van der Waals surface area contributed by atoms with Gasteiger partial charge in [-0.25, -0.2) is 8.42 Å². The van der Waals surface area contributed by atoms with Gasteiger partial charge >= 0.3 is 0 Å². The molecule has 6 rings (SSSR count). The highest BCUT2D eigenvalue weighted by atomic mass is 32.2. The van der Waals surface area contributed by atoms with E-state index in [9.17, 15) is 28.1 Å². The van der Waals surface area contributed by atoms with Gasteiger partial charge in [-0.05, 0) is 54.8 Å². The van der Waals surface area contributed by atoms with Crippen molar-refractivity contribution in [2.45, 2.75) is 29.8 Å². The van der Waals surface area contributed by atoms with E-state index in [-0.39, 0.29) is 74.9 Å². The van der Waals surface area contributed by atoms with Crippen molar-refractivity contribution < 1.29 is 32.4 Å². The van der Waals surface area contributed by atoms with Gasteiger partial charge in [-0.1, -0.05) is 24.3 Å². The Morgan fingerprint density at radius 3 is 2.37 bits per heavy atom. The molecule has 0 saturated carbocycles. The number of hydrogen-bond donors (Lipinski definition) is 1. The zero-order valence-electron chi connectivity index (χ0n) is 23.0. The summed E-state index contributed by atoms with van der Waals surface area (Å²) in [7, 11) is -3.93. The number of non-ortho nitro benzene ring substituents is 1. The van der Waals surface area contributed by atoms with Gasteiger partial charge < -0.3 is 24.6 Å². The molecule has 1 spiro atoms. The summed E-state index contributed by atoms with van der Waals surface area (Å²) in [6, 6.07) is 19.5. The summed E-state index contributed by atoms with van der Waals surface area (Å²) in [4.78, 5) is 40.7. The zero-order chi connectivity index (χ0) is 30.2. The molecule has 13 nitrogen and oxygen atoms in total. The Bertz CT molecular complexity index is 1660. The van der Waals surface area contributed by atoms with E-state index < -0.39 is 20.5 Å². The Balaban J connectivity index is 1.16. The molecule has 0 radical (unpaired) electrons. The van der Waals surface area contributed by atoms with E-state index in [1.54, 1.807) is 12.1 Å². The number of fused-ring (bicyclic) bond motifs is 1. The number of hydrogen-bond acceptors (Lipinski definition) is 9. The minimum absolute atomic E-state index is 0.0486. The fourth-order valence-corrected chi connectivity index (χ4v) is 7.23. The summed E-state index contributed by atoms with van der Waals surface area (Å²) in [6.07, 6.45) is 0.421. The second-order valence-electron chi connectivity index (χ2n) is 10.6. The number of benzene rings is 3. The predicted molar refractivity (Wildman–Crippen MR) is 154 cm³/mol. The number of nitrogens with zero attached hydrogens (tertiary/aromatic N) is 4. The fourth-order valence-electron chi connectivity index (χ4n) is 5.79. The summed E-state index contributed by atoms with van der Waals surface area (Å²) >= 11 is 0. The quantitative estimate of drug-likeness (QED) is 0.301. The molecule has 3 aromatic rings. The zero-order valence-corrected chi connectivity index (χ0v) is 23.9. The normalized spacial score (nSPS) is 17.8. The number of nitro groups is 1. The topological polar surface area (TPSA) is 152 Å². The molecule has 14 heteroatoms. The number of amides is 2. The third kappa shape index (κ3) is 5.34. The molecule has 0 aromatic heterocycles. The lowest BCUT2D eigenvalue weighted by atomic mass is 9.86. The molecule has 0 unspecified atom stereocenters. The number of nitrogens with one attached hydrogen (secondary N) is 1. The molecule has 2 amide bonds. The first-order chi connectivity index (χ1) is 20.7. The van der Waals surface area contributed by atoms with E-state index in [1.807, 2.05) is 41.3 Å². The van der Waals surface area contributed by atoms with Gasteiger partial charge in [0.05, 0.1) is 16.5 Å². The van der Waals surface area contributed by atoms with Gasteiger partial charge in [0.15, 0.2) is 11.5 Å². The van der Waals surface area contributed by atoms with Crippen molar-refractivity contribution in [3.63, 3.8) is 0 Å². The first kappa shape index (κ1) is 28.4. The van der Waals surface area contributed by atoms with Crippen molar-refractivity contribution in [1.82, 2.24) is 14.5 Å². The largest absolute Gasteiger partial charge is 0.454 e. The van der Waals surface area contributed by atoms with Crippen LogP contribution in [0.5, 0.6) is 11.5 Å². The summed E-state index contributed by atoms with van der Waals surface area (Å²) in [5.74, 6) is 0.704. The molecule has 0 aliphatic carbocycles. The van der Waals surface area contributed by atoms with Crippen LogP contribution in [0.15, 0.2) is 77.7 Å². The van der Waals surface area contributed by atoms with Gasteiger partial charge in [0.1, 0.15) is 12.1 Å². The number of rotatable bonds is 8. The molecular weight excluding hydrogens is 578 g/mol. The van der Waals surface area contributed by atoms with Crippen LogP contribution >= 0.6 is 0 Å². The number of piperidine rings is 1. The lowest BCUT2D eigenvalue weighted by Gasteiger charge is -2.42. The van der Waals surface area contributed by atoms with Crippen molar-refractivity contribution in [2.24, 2.45) is 0 Å². The monoisotopic (exact) mass is 607 g/mol. The van der Waals surface area contributed by atoms with E-state index >= 15 is 0 Å². The maximum Gasteiger partial charge on any atom is 0.269 e. The summed E-state index contributed by atoms with van der Waals surface area (Å²) in [5, 5.41) is 13.9. The maximum atomic E-state index is 14.0. The highest BCUT2D eigenvalue weighted by molar-refractivity contribution is 7.89. The molecule has 0 atom stereocenters. The maximum absolute atomic E-state index is 14.0. The molecule has 3 heterocycles. The second kappa shape index (κ2) is 11.2. The van der Waals surface area contributed by atoms with Crippen molar-refractivity contribution in [3.8, 4) is 11.5 Å². The Hall–Kier alpha value is -4.69. The lowest BCUT2D eigenvalue weighted by Crippen LogP contribution is -2.57. The number of carbonyl (C=O) groups is 2. The Morgan fingerprint density at radius 2 is 1.67 bits per heavy atom. The number of anilines is 1. The van der Waals surface area contributed by atoms with Gasteiger partial charge in [-0.3, -0.25) is 19.7 Å². The first-order valence-corrected chi connectivity index (χ1v) is 15.1. The van der Waals surface area contributed by atoms with Crippen molar-refractivity contribution in [3.05, 3.63) is 88.5 Å². The number of nitro benzene ring substituents is 1. The van der Waals surface area contributed by atoms with E-state index in [4.69, 9.17) is 9.47 Å². The van der Waals surface area contributed by atoms with Crippen LogP contribution in [-0.4, -0.2) is 73.0 Å². The van der Waals surface area contributed by atoms with E-state index in [1.165, 1.54) is 21.3 Å². The van der Waals surface area contributed by atoms with Crippen molar-refractivity contribution in [1.29, 1.82) is 0 Å². The molecule has 0 bridgehead atoms. The molecule has 1 N–H and O–H groups in total. The van der Waals surface area contributed by atoms with Gasteiger partial charge in [-0.15, -0.1) is 0 Å².